The van der Waals surface area contributed by atoms with Crippen molar-refractivity contribution in [1.29, 1.82) is 0 Å². The number of esters is 1. The average molecular weight is 273 g/mol. The summed E-state index contributed by atoms with van der Waals surface area (Å²) in [5.41, 5.74) is 0. The molecule has 1 N–H and O–H groups in total. The lowest BCUT2D eigenvalue weighted by Crippen LogP contribution is -2.44. The summed E-state index contributed by atoms with van der Waals surface area (Å²) in [7, 11) is 5.97. The Morgan fingerprint density at radius 1 is 1.32 bits per heavy atom. The van der Waals surface area contributed by atoms with Crippen molar-refractivity contribution < 1.29 is 9.53 Å². The normalized spacial score (nSPS) is 14.7. The molecule has 0 aromatic rings. The average Bonchev–Trinajstić information content (AvgIpc) is 2.34. The maximum absolute atomic E-state index is 11.7. The zero-order valence-electron chi connectivity index (χ0n) is 13.4. The molecule has 0 aromatic carbocycles. The van der Waals surface area contributed by atoms with Gasteiger partial charge in [0.25, 0.3) is 0 Å². The molecule has 0 spiro atoms. The van der Waals surface area contributed by atoms with Crippen LogP contribution < -0.4 is 5.32 Å². The van der Waals surface area contributed by atoms with E-state index in [0.29, 0.717) is 12.6 Å². The summed E-state index contributed by atoms with van der Waals surface area (Å²) in [6, 6.07) is 0.278. The zero-order valence-corrected chi connectivity index (χ0v) is 13.4. The van der Waals surface area contributed by atoms with Gasteiger partial charge in [-0.2, -0.15) is 0 Å². The van der Waals surface area contributed by atoms with Crippen molar-refractivity contribution in [3.05, 3.63) is 0 Å². The fourth-order valence-electron chi connectivity index (χ4n) is 2.25. The number of rotatable bonds is 10. The van der Waals surface area contributed by atoms with Gasteiger partial charge in [0, 0.05) is 19.1 Å². The van der Waals surface area contributed by atoms with Crippen LogP contribution in [0.3, 0.4) is 0 Å². The molecule has 114 valence electrons. The van der Waals surface area contributed by atoms with Crippen molar-refractivity contribution in [2.24, 2.45) is 0 Å². The third kappa shape index (κ3) is 7.50. The van der Waals surface area contributed by atoms with E-state index in [4.69, 9.17) is 4.74 Å². The maximum atomic E-state index is 11.7. The van der Waals surface area contributed by atoms with E-state index < -0.39 is 0 Å². The summed E-state index contributed by atoms with van der Waals surface area (Å²) >= 11 is 0. The highest BCUT2D eigenvalue weighted by atomic mass is 16.5. The number of carbonyl (C=O) groups excluding carboxylic acids is 1. The molecule has 5 heteroatoms. The van der Waals surface area contributed by atoms with E-state index in [1.807, 2.05) is 6.92 Å². The zero-order chi connectivity index (χ0) is 14.8. The Bertz CT molecular complexity index is 247. The Hall–Kier alpha value is -0.650. The van der Waals surface area contributed by atoms with Gasteiger partial charge in [0.05, 0.1) is 6.61 Å². The van der Waals surface area contributed by atoms with Crippen LogP contribution in [0, 0.1) is 0 Å². The molecule has 19 heavy (non-hydrogen) atoms. The van der Waals surface area contributed by atoms with Crippen LogP contribution in [0.5, 0.6) is 0 Å². The van der Waals surface area contributed by atoms with Crippen molar-refractivity contribution in [3.63, 3.8) is 0 Å². The first-order valence-corrected chi connectivity index (χ1v) is 7.18. The molecule has 0 bridgehead atoms. The van der Waals surface area contributed by atoms with Gasteiger partial charge >= 0.3 is 5.97 Å². The van der Waals surface area contributed by atoms with E-state index in [-0.39, 0.29) is 12.0 Å². The summed E-state index contributed by atoms with van der Waals surface area (Å²) in [5, 5.41) is 3.03. The fourth-order valence-corrected chi connectivity index (χ4v) is 2.25. The highest BCUT2D eigenvalue weighted by Gasteiger charge is 2.20. The van der Waals surface area contributed by atoms with Crippen molar-refractivity contribution in [3.8, 4) is 0 Å². The molecule has 0 heterocycles. The number of nitrogens with one attached hydrogen (secondary N) is 1. The summed E-state index contributed by atoms with van der Waals surface area (Å²) in [6.07, 6.45) is 0.779. The number of hydrogen-bond donors (Lipinski definition) is 1. The van der Waals surface area contributed by atoms with E-state index in [2.05, 4.69) is 43.1 Å². The first-order valence-electron chi connectivity index (χ1n) is 7.18. The van der Waals surface area contributed by atoms with Gasteiger partial charge in [0.1, 0.15) is 6.04 Å². The second-order valence-corrected chi connectivity index (χ2v) is 5.12. The summed E-state index contributed by atoms with van der Waals surface area (Å²) in [4.78, 5) is 16.3. The van der Waals surface area contributed by atoms with Crippen LogP contribution >= 0.6 is 0 Å². The minimum Gasteiger partial charge on any atom is -0.465 e. The fraction of sp³-hybridized carbons (Fsp3) is 0.929. The highest BCUT2D eigenvalue weighted by Crippen LogP contribution is 2.04. The lowest BCUT2D eigenvalue weighted by molar-refractivity contribution is -0.145. The molecule has 0 saturated heterocycles. The van der Waals surface area contributed by atoms with E-state index in [9.17, 15) is 4.79 Å². The molecule has 0 saturated carbocycles. The van der Waals surface area contributed by atoms with Crippen molar-refractivity contribution in [1.82, 2.24) is 15.1 Å². The standard InChI is InChI=1S/C14H31N3O2/c1-7-17(12(3)11-16(5)6)10-9-13(15-4)14(18)19-8-2/h12-13,15H,7-11H2,1-6H3. The summed E-state index contributed by atoms with van der Waals surface area (Å²) in [5.74, 6) is -0.152. The van der Waals surface area contributed by atoms with Crippen molar-refractivity contribution >= 4 is 5.97 Å². The molecule has 0 aliphatic heterocycles. The maximum Gasteiger partial charge on any atom is 0.323 e. The molecule has 0 aliphatic rings. The number of likely N-dealkylation sites (N-methyl/N-ethyl adjacent to an activating group) is 3. The van der Waals surface area contributed by atoms with Gasteiger partial charge in [-0.3, -0.25) is 9.69 Å². The third-order valence-corrected chi connectivity index (χ3v) is 3.28. The molecule has 0 fully saturated rings. The van der Waals surface area contributed by atoms with Gasteiger partial charge in [0.2, 0.25) is 0 Å². The first-order chi connectivity index (χ1) is 8.96. The molecular formula is C14H31N3O2. The quantitative estimate of drug-likeness (QED) is 0.597. The van der Waals surface area contributed by atoms with Crippen molar-refractivity contribution in [2.75, 3.05) is 47.4 Å². The minimum atomic E-state index is -0.208. The lowest BCUT2D eigenvalue weighted by Gasteiger charge is -2.30. The second-order valence-electron chi connectivity index (χ2n) is 5.12. The molecule has 0 rings (SSSR count). The Kier molecular flexibility index (Phi) is 9.83. The predicted molar refractivity (Wildman–Crippen MR) is 79.4 cm³/mol. The summed E-state index contributed by atoms with van der Waals surface area (Å²) < 4.78 is 5.06. The molecule has 2 unspecified atom stereocenters. The topological polar surface area (TPSA) is 44.8 Å². The van der Waals surface area contributed by atoms with Gasteiger partial charge in [-0.05, 0) is 48.0 Å². The Labute approximate surface area is 118 Å². The predicted octanol–water partition coefficient (Wildman–Crippen LogP) is 0.800. The van der Waals surface area contributed by atoms with Gasteiger partial charge in [0.15, 0.2) is 0 Å². The first kappa shape index (κ1) is 18.4. The van der Waals surface area contributed by atoms with Crippen LogP contribution in [-0.2, 0) is 9.53 Å². The summed E-state index contributed by atoms with van der Waals surface area (Å²) in [6.45, 7) is 9.57. The SMILES string of the molecule is CCOC(=O)C(CCN(CC)C(C)CN(C)C)NC. The van der Waals surface area contributed by atoms with Crippen molar-refractivity contribution in [2.45, 2.75) is 39.3 Å². The number of carbonyl (C=O) groups is 1. The van der Waals surface area contributed by atoms with Crippen LogP contribution in [-0.4, -0.2) is 75.2 Å². The minimum absolute atomic E-state index is 0.152. The van der Waals surface area contributed by atoms with E-state index >= 15 is 0 Å². The third-order valence-electron chi connectivity index (χ3n) is 3.28. The van der Waals surface area contributed by atoms with E-state index in [1.54, 1.807) is 7.05 Å². The Morgan fingerprint density at radius 3 is 2.37 bits per heavy atom. The van der Waals surface area contributed by atoms with Crippen LogP contribution in [0.25, 0.3) is 0 Å². The monoisotopic (exact) mass is 273 g/mol. The molecular weight excluding hydrogens is 242 g/mol. The molecule has 5 nitrogen and oxygen atoms in total. The lowest BCUT2D eigenvalue weighted by atomic mass is 10.1. The molecule has 2 atom stereocenters. The molecule has 0 aromatic heterocycles. The van der Waals surface area contributed by atoms with E-state index in [1.165, 1.54) is 0 Å². The Balaban J connectivity index is 4.26. The number of ether oxygens (including phenoxy) is 1. The van der Waals surface area contributed by atoms with Crippen LogP contribution in [0.4, 0.5) is 0 Å². The van der Waals surface area contributed by atoms with Crippen LogP contribution in [0.15, 0.2) is 0 Å². The van der Waals surface area contributed by atoms with Gasteiger partial charge in [-0.15, -0.1) is 0 Å². The van der Waals surface area contributed by atoms with Gasteiger partial charge in [-0.25, -0.2) is 0 Å². The molecule has 0 amide bonds. The highest BCUT2D eigenvalue weighted by molar-refractivity contribution is 5.75. The van der Waals surface area contributed by atoms with E-state index in [0.717, 1.165) is 26.1 Å². The Morgan fingerprint density at radius 2 is 1.95 bits per heavy atom. The second kappa shape index (κ2) is 10.2. The smallest absolute Gasteiger partial charge is 0.323 e. The van der Waals surface area contributed by atoms with Crippen LogP contribution in [0.1, 0.15) is 27.2 Å². The molecule has 0 radical (unpaired) electrons. The van der Waals surface area contributed by atoms with Gasteiger partial charge in [-0.1, -0.05) is 6.92 Å². The van der Waals surface area contributed by atoms with Gasteiger partial charge < -0.3 is 15.0 Å². The van der Waals surface area contributed by atoms with Crippen LogP contribution in [0.2, 0.25) is 0 Å². The largest absolute Gasteiger partial charge is 0.465 e. The number of hydrogen-bond acceptors (Lipinski definition) is 5. The number of nitrogens with zero attached hydrogens (tertiary/aromatic N) is 2. The molecule has 0 aliphatic carbocycles.